The van der Waals surface area contributed by atoms with Crippen molar-refractivity contribution in [1.29, 1.82) is 0 Å². The summed E-state index contributed by atoms with van der Waals surface area (Å²) in [6.07, 6.45) is -0.966. The Morgan fingerprint density at radius 3 is 2.79 bits per heavy atom. The summed E-state index contributed by atoms with van der Waals surface area (Å²) in [6, 6.07) is 4.73. The van der Waals surface area contributed by atoms with Crippen LogP contribution in [0.5, 0.6) is 0 Å². The second-order valence-corrected chi connectivity index (χ2v) is 7.05. The Hall–Kier alpha value is -3.01. The van der Waals surface area contributed by atoms with Crippen molar-refractivity contribution >= 4 is 22.4 Å². The van der Waals surface area contributed by atoms with Gasteiger partial charge in [0.15, 0.2) is 5.65 Å². The fraction of sp³-hybridized carbons (Fsp3) is 0.222. The minimum atomic E-state index is -4.47. The van der Waals surface area contributed by atoms with E-state index in [2.05, 4.69) is 15.1 Å². The van der Waals surface area contributed by atoms with E-state index in [0.29, 0.717) is 0 Å². The lowest BCUT2D eigenvalue weighted by Gasteiger charge is -2.09. The van der Waals surface area contributed by atoms with Crippen LogP contribution in [0.25, 0.3) is 16.7 Å². The van der Waals surface area contributed by atoms with E-state index in [4.69, 9.17) is 0 Å². The van der Waals surface area contributed by atoms with E-state index < -0.39 is 11.7 Å². The average molecular weight is 405 g/mol. The van der Waals surface area contributed by atoms with Crippen molar-refractivity contribution in [2.24, 2.45) is 0 Å². The lowest BCUT2D eigenvalue weighted by molar-refractivity contribution is -0.137. The maximum atomic E-state index is 13.0. The van der Waals surface area contributed by atoms with E-state index in [9.17, 15) is 18.0 Å². The zero-order valence-electron chi connectivity index (χ0n) is 14.6. The fourth-order valence-electron chi connectivity index (χ4n) is 2.82. The lowest BCUT2D eigenvalue weighted by atomic mass is 10.2. The van der Waals surface area contributed by atoms with Crippen molar-refractivity contribution in [2.75, 3.05) is 0 Å². The van der Waals surface area contributed by atoms with Crippen LogP contribution in [0.2, 0.25) is 0 Å². The molecule has 3 aromatic heterocycles. The van der Waals surface area contributed by atoms with E-state index in [1.165, 1.54) is 45.2 Å². The Bertz CT molecular complexity index is 1210. The molecule has 0 aliphatic carbocycles. The van der Waals surface area contributed by atoms with Crippen molar-refractivity contribution in [3.63, 3.8) is 0 Å². The van der Waals surface area contributed by atoms with E-state index in [-0.39, 0.29) is 28.8 Å². The quantitative estimate of drug-likeness (QED) is 0.520. The van der Waals surface area contributed by atoms with Crippen molar-refractivity contribution < 1.29 is 13.2 Å². The summed E-state index contributed by atoms with van der Waals surface area (Å²) in [5, 5.41) is 7.17. The maximum Gasteiger partial charge on any atom is 0.416 e. The minimum Gasteiger partial charge on any atom is -0.292 e. The fourth-order valence-corrected chi connectivity index (χ4v) is 3.56. The van der Waals surface area contributed by atoms with Gasteiger partial charge in [-0.25, -0.2) is 14.6 Å². The maximum absolute atomic E-state index is 13.0. The van der Waals surface area contributed by atoms with Crippen molar-refractivity contribution in [3.05, 3.63) is 68.8 Å². The van der Waals surface area contributed by atoms with Gasteiger partial charge < -0.3 is 0 Å². The molecule has 10 heteroatoms. The smallest absolute Gasteiger partial charge is 0.292 e. The molecule has 4 rings (SSSR count). The van der Waals surface area contributed by atoms with Gasteiger partial charge in [0.2, 0.25) is 0 Å². The summed E-state index contributed by atoms with van der Waals surface area (Å²) in [7, 11) is 0. The van der Waals surface area contributed by atoms with Crippen molar-refractivity contribution in [3.8, 4) is 5.69 Å². The third kappa shape index (κ3) is 3.31. The van der Waals surface area contributed by atoms with Gasteiger partial charge in [0.05, 0.1) is 34.7 Å². The molecule has 0 amide bonds. The number of fused-ring (bicyclic) bond motifs is 1. The monoisotopic (exact) mass is 405 g/mol. The van der Waals surface area contributed by atoms with E-state index in [0.717, 1.165) is 29.3 Å². The first-order valence-corrected chi connectivity index (χ1v) is 9.29. The number of alkyl halides is 3. The molecular weight excluding hydrogens is 391 g/mol. The van der Waals surface area contributed by atoms with Crippen LogP contribution in [-0.2, 0) is 19.1 Å². The zero-order valence-corrected chi connectivity index (χ0v) is 15.5. The predicted octanol–water partition coefficient (Wildman–Crippen LogP) is 3.67. The van der Waals surface area contributed by atoms with Gasteiger partial charge in [0, 0.05) is 5.38 Å². The molecule has 0 saturated heterocycles. The summed E-state index contributed by atoms with van der Waals surface area (Å²) in [5.74, 6) is 0. The first-order chi connectivity index (χ1) is 13.4. The summed E-state index contributed by atoms with van der Waals surface area (Å²) in [5.41, 5.74) is 0.0246. The summed E-state index contributed by atoms with van der Waals surface area (Å²) in [4.78, 5) is 21.4. The van der Waals surface area contributed by atoms with Crippen LogP contribution in [0.3, 0.4) is 0 Å². The third-order valence-corrected chi connectivity index (χ3v) is 5.25. The van der Waals surface area contributed by atoms with Crippen molar-refractivity contribution in [2.45, 2.75) is 26.1 Å². The van der Waals surface area contributed by atoms with Gasteiger partial charge in [0.1, 0.15) is 11.7 Å². The molecule has 4 aromatic rings. The minimum absolute atomic E-state index is 0.182. The molecule has 144 valence electrons. The Labute approximate surface area is 160 Å². The van der Waals surface area contributed by atoms with Gasteiger partial charge in [-0.3, -0.25) is 9.36 Å². The molecule has 3 heterocycles. The van der Waals surface area contributed by atoms with Crippen LogP contribution in [0.1, 0.15) is 23.2 Å². The molecule has 0 radical (unpaired) electrons. The van der Waals surface area contributed by atoms with Gasteiger partial charge in [0.25, 0.3) is 5.56 Å². The van der Waals surface area contributed by atoms with Crippen LogP contribution in [0.4, 0.5) is 13.2 Å². The summed E-state index contributed by atoms with van der Waals surface area (Å²) in [6.45, 7) is 2.28. The molecule has 0 unspecified atom stereocenters. The van der Waals surface area contributed by atoms with Crippen LogP contribution < -0.4 is 5.56 Å². The lowest BCUT2D eigenvalue weighted by Crippen LogP contribution is -2.21. The zero-order chi connectivity index (χ0) is 19.9. The van der Waals surface area contributed by atoms with E-state index in [1.807, 2.05) is 12.3 Å². The topological polar surface area (TPSA) is 65.6 Å². The molecule has 0 N–H and O–H groups in total. The Morgan fingerprint density at radius 2 is 2.07 bits per heavy atom. The number of halogens is 3. The molecule has 0 aliphatic heterocycles. The molecular formula is C18H14F3N5OS. The van der Waals surface area contributed by atoms with Crippen LogP contribution >= 0.6 is 11.3 Å². The van der Waals surface area contributed by atoms with Gasteiger partial charge in [-0.15, -0.1) is 11.3 Å². The summed E-state index contributed by atoms with van der Waals surface area (Å²) >= 11 is 1.53. The Morgan fingerprint density at radius 1 is 1.25 bits per heavy atom. The van der Waals surface area contributed by atoms with Crippen LogP contribution in [-0.4, -0.2) is 24.3 Å². The molecule has 0 spiro atoms. The Kier molecular flexibility index (Phi) is 4.50. The largest absolute Gasteiger partial charge is 0.416 e. The van der Waals surface area contributed by atoms with E-state index >= 15 is 0 Å². The Balaban J connectivity index is 1.74. The molecule has 0 saturated carbocycles. The van der Waals surface area contributed by atoms with Crippen LogP contribution in [0.15, 0.2) is 47.0 Å². The van der Waals surface area contributed by atoms with E-state index in [1.54, 1.807) is 0 Å². The van der Waals surface area contributed by atoms with Gasteiger partial charge in [-0.1, -0.05) is 13.0 Å². The number of benzene rings is 1. The normalized spacial score (nSPS) is 12.0. The standard InChI is InChI=1S/C18H14F3N5OS/c1-2-15-24-12(9-28-15)8-25-10-22-16-14(17(25)27)7-23-26(16)13-5-3-4-11(6-13)18(19,20)21/h3-7,9-10H,2,8H2,1H3. The molecule has 28 heavy (non-hydrogen) atoms. The highest BCUT2D eigenvalue weighted by molar-refractivity contribution is 7.09. The second kappa shape index (κ2) is 6.86. The molecule has 0 bridgehead atoms. The number of hydrogen-bond donors (Lipinski definition) is 0. The number of nitrogens with zero attached hydrogens (tertiary/aromatic N) is 5. The SMILES string of the molecule is CCc1nc(Cn2cnc3c(cnn3-c3cccc(C(F)(F)F)c3)c2=O)cs1. The van der Waals surface area contributed by atoms with Crippen molar-refractivity contribution in [1.82, 2.24) is 24.3 Å². The molecule has 0 fully saturated rings. The third-order valence-electron chi connectivity index (χ3n) is 4.21. The second-order valence-electron chi connectivity index (χ2n) is 6.11. The van der Waals surface area contributed by atoms with Gasteiger partial charge >= 0.3 is 6.18 Å². The first-order valence-electron chi connectivity index (χ1n) is 8.41. The van der Waals surface area contributed by atoms with Gasteiger partial charge in [-0.2, -0.15) is 18.3 Å². The number of thiazole rings is 1. The number of hydrogen-bond acceptors (Lipinski definition) is 5. The number of aromatic nitrogens is 5. The summed E-state index contributed by atoms with van der Waals surface area (Å²) < 4.78 is 41.6. The first kappa shape index (κ1) is 18.4. The molecule has 6 nitrogen and oxygen atoms in total. The average Bonchev–Trinajstić information content (AvgIpc) is 3.30. The molecule has 0 atom stereocenters. The molecule has 1 aromatic carbocycles. The van der Waals surface area contributed by atoms with Crippen LogP contribution in [0, 0.1) is 0 Å². The highest BCUT2D eigenvalue weighted by Gasteiger charge is 2.30. The number of aryl methyl sites for hydroxylation is 1. The van der Waals surface area contributed by atoms with Gasteiger partial charge in [-0.05, 0) is 24.6 Å². The predicted molar refractivity (Wildman–Crippen MR) is 98.7 cm³/mol. The molecule has 0 aliphatic rings. The highest BCUT2D eigenvalue weighted by Crippen LogP contribution is 2.30. The number of rotatable bonds is 4. The highest BCUT2D eigenvalue weighted by atomic mass is 32.1.